The predicted molar refractivity (Wildman–Crippen MR) is 114 cm³/mol. The van der Waals surface area contributed by atoms with Gasteiger partial charge >= 0.3 is 0 Å². The molecule has 0 aromatic heterocycles. The molecule has 2 aromatic rings. The molecule has 7 nitrogen and oxygen atoms in total. The first-order valence-corrected chi connectivity index (χ1v) is 11.1. The highest BCUT2D eigenvalue weighted by molar-refractivity contribution is 7.92. The summed E-state index contributed by atoms with van der Waals surface area (Å²) in [5.74, 6) is 0.951. The van der Waals surface area contributed by atoms with Crippen LogP contribution in [0.5, 0.6) is 11.5 Å². The molecular weight excluding hydrogens is 392 g/mol. The summed E-state index contributed by atoms with van der Waals surface area (Å²) in [6.45, 7) is 6.06. The third-order valence-electron chi connectivity index (χ3n) is 4.40. The van der Waals surface area contributed by atoms with Crippen molar-refractivity contribution in [1.82, 2.24) is 5.32 Å². The molecule has 0 heterocycles. The van der Waals surface area contributed by atoms with Gasteiger partial charge in [0.1, 0.15) is 24.1 Å². The molecule has 29 heavy (non-hydrogen) atoms. The number of benzene rings is 2. The summed E-state index contributed by atoms with van der Waals surface area (Å²) in [7, 11) is -2.14. The van der Waals surface area contributed by atoms with Gasteiger partial charge in [0.05, 0.1) is 25.6 Å². The van der Waals surface area contributed by atoms with Crippen LogP contribution in [0.2, 0.25) is 0 Å². The standard InChI is InChI=1S/C21H28N2O5S/c1-15-6-11-20(16(2)14-15)28-13-12-22-21(24)17(3)23(29(5,25)26)18-7-9-19(27-4)10-8-18/h6-11,14,17H,12-13H2,1-5H3,(H,22,24). The van der Waals surface area contributed by atoms with Gasteiger partial charge in [-0.05, 0) is 56.7 Å². The molecule has 0 aliphatic carbocycles. The third-order valence-corrected chi connectivity index (χ3v) is 5.65. The summed E-state index contributed by atoms with van der Waals surface area (Å²) in [4.78, 5) is 12.6. The number of carbonyl (C=O) groups is 1. The van der Waals surface area contributed by atoms with Gasteiger partial charge in [-0.2, -0.15) is 0 Å². The number of nitrogens with one attached hydrogen (secondary N) is 1. The van der Waals surface area contributed by atoms with Crippen LogP contribution in [0.3, 0.4) is 0 Å². The van der Waals surface area contributed by atoms with Crippen LogP contribution >= 0.6 is 0 Å². The molecule has 158 valence electrons. The van der Waals surface area contributed by atoms with Crippen LogP contribution in [-0.4, -0.2) is 46.9 Å². The summed E-state index contributed by atoms with van der Waals surface area (Å²) in [6.07, 6.45) is 1.07. The van der Waals surface area contributed by atoms with E-state index in [9.17, 15) is 13.2 Å². The SMILES string of the molecule is COc1ccc(N(C(C)C(=O)NCCOc2ccc(C)cc2C)S(C)(=O)=O)cc1. The number of rotatable bonds is 9. The predicted octanol–water partition coefficient (Wildman–Crippen LogP) is 2.66. The number of methoxy groups -OCH3 is 1. The van der Waals surface area contributed by atoms with Gasteiger partial charge in [0.25, 0.3) is 0 Å². The molecular formula is C21H28N2O5S. The van der Waals surface area contributed by atoms with Gasteiger partial charge in [0.15, 0.2) is 0 Å². The Kier molecular flexibility index (Phi) is 7.50. The Balaban J connectivity index is 1.99. The Morgan fingerprint density at radius 3 is 2.34 bits per heavy atom. The number of anilines is 1. The maximum Gasteiger partial charge on any atom is 0.243 e. The molecule has 0 aliphatic rings. The minimum Gasteiger partial charge on any atom is -0.497 e. The Hall–Kier alpha value is -2.74. The minimum absolute atomic E-state index is 0.261. The Bertz CT molecular complexity index is 942. The highest BCUT2D eigenvalue weighted by Crippen LogP contribution is 2.24. The van der Waals surface area contributed by atoms with Crippen molar-refractivity contribution in [3.05, 3.63) is 53.6 Å². The molecule has 0 spiro atoms. The zero-order valence-electron chi connectivity index (χ0n) is 17.4. The molecule has 1 amide bonds. The average molecular weight is 421 g/mol. The molecule has 8 heteroatoms. The fraction of sp³-hybridized carbons (Fsp3) is 0.381. The molecule has 1 N–H and O–H groups in total. The topological polar surface area (TPSA) is 84.9 Å². The minimum atomic E-state index is -3.66. The smallest absolute Gasteiger partial charge is 0.243 e. The van der Waals surface area contributed by atoms with Gasteiger partial charge in [-0.1, -0.05) is 17.7 Å². The van der Waals surface area contributed by atoms with E-state index in [0.29, 0.717) is 11.4 Å². The number of hydrogen-bond donors (Lipinski definition) is 1. The van der Waals surface area contributed by atoms with E-state index in [0.717, 1.165) is 27.4 Å². The number of nitrogens with zero attached hydrogens (tertiary/aromatic N) is 1. The lowest BCUT2D eigenvalue weighted by atomic mass is 10.1. The maximum absolute atomic E-state index is 12.6. The monoisotopic (exact) mass is 420 g/mol. The van der Waals surface area contributed by atoms with Crippen molar-refractivity contribution in [1.29, 1.82) is 0 Å². The normalized spacial score (nSPS) is 12.2. The molecule has 0 saturated carbocycles. The summed E-state index contributed by atoms with van der Waals surface area (Å²) in [5, 5.41) is 2.73. The fourth-order valence-electron chi connectivity index (χ4n) is 2.98. The van der Waals surface area contributed by atoms with Gasteiger partial charge in [-0.3, -0.25) is 9.10 Å². The first-order chi connectivity index (χ1) is 13.6. The van der Waals surface area contributed by atoms with Crippen molar-refractivity contribution in [2.24, 2.45) is 0 Å². The van der Waals surface area contributed by atoms with Crippen LogP contribution in [-0.2, 0) is 14.8 Å². The van der Waals surface area contributed by atoms with Crippen molar-refractivity contribution in [3.8, 4) is 11.5 Å². The van der Waals surface area contributed by atoms with Crippen LogP contribution < -0.4 is 19.1 Å². The van der Waals surface area contributed by atoms with Crippen LogP contribution in [0.25, 0.3) is 0 Å². The highest BCUT2D eigenvalue weighted by atomic mass is 32.2. The van der Waals surface area contributed by atoms with Crippen molar-refractivity contribution < 1.29 is 22.7 Å². The van der Waals surface area contributed by atoms with Crippen molar-refractivity contribution in [2.75, 3.05) is 30.8 Å². The van der Waals surface area contributed by atoms with Gasteiger partial charge in [-0.25, -0.2) is 8.42 Å². The molecule has 2 aromatic carbocycles. The Morgan fingerprint density at radius 2 is 1.79 bits per heavy atom. The zero-order chi connectivity index (χ0) is 21.6. The van der Waals surface area contributed by atoms with Crippen LogP contribution in [0.4, 0.5) is 5.69 Å². The van der Waals surface area contributed by atoms with Crippen LogP contribution in [0.15, 0.2) is 42.5 Å². The van der Waals surface area contributed by atoms with Crippen molar-refractivity contribution in [3.63, 3.8) is 0 Å². The maximum atomic E-state index is 12.6. The number of hydrogen-bond acceptors (Lipinski definition) is 5. The molecule has 1 unspecified atom stereocenters. The summed E-state index contributed by atoms with van der Waals surface area (Å²) in [6, 6.07) is 11.5. The summed E-state index contributed by atoms with van der Waals surface area (Å²) in [5.41, 5.74) is 2.56. The van der Waals surface area contributed by atoms with E-state index in [4.69, 9.17) is 9.47 Å². The van der Waals surface area contributed by atoms with E-state index in [-0.39, 0.29) is 13.2 Å². The van der Waals surface area contributed by atoms with E-state index >= 15 is 0 Å². The van der Waals surface area contributed by atoms with Gasteiger partial charge < -0.3 is 14.8 Å². The number of ether oxygens (including phenoxy) is 2. The number of carbonyl (C=O) groups excluding carboxylic acids is 1. The number of sulfonamides is 1. The summed E-state index contributed by atoms with van der Waals surface area (Å²) < 4.78 is 36.5. The van der Waals surface area contributed by atoms with E-state index in [2.05, 4.69) is 5.32 Å². The Labute approximate surface area is 172 Å². The second-order valence-corrected chi connectivity index (χ2v) is 8.70. The van der Waals surface area contributed by atoms with Gasteiger partial charge in [-0.15, -0.1) is 0 Å². The lowest BCUT2D eigenvalue weighted by molar-refractivity contribution is -0.121. The highest BCUT2D eigenvalue weighted by Gasteiger charge is 2.28. The van der Waals surface area contributed by atoms with E-state index in [1.54, 1.807) is 31.2 Å². The quantitative estimate of drug-likeness (QED) is 0.631. The lowest BCUT2D eigenvalue weighted by Crippen LogP contribution is -2.48. The van der Waals surface area contributed by atoms with Crippen LogP contribution in [0.1, 0.15) is 18.1 Å². The molecule has 1 atom stereocenters. The van der Waals surface area contributed by atoms with Gasteiger partial charge in [0.2, 0.25) is 15.9 Å². The number of aryl methyl sites for hydroxylation is 2. The van der Waals surface area contributed by atoms with E-state index in [1.165, 1.54) is 7.11 Å². The largest absolute Gasteiger partial charge is 0.497 e. The first kappa shape index (κ1) is 22.5. The molecule has 0 saturated heterocycles. The third kappa shape index (κ3) is 6.12. The van der Waals surface area contributed by atoms with Crippen molar-refractivity contribution >= 4 is 21.6 Å². The Morgan fingerprint density at radius 1 is 1.14 bits per heavy atom. The zero-order valence-corrected chi connectivity index (χ0v) is 18.2. The van der Waals surface area contributed by atoms with Gasteiger partial charge in [0, 0.05) is 0 Å². The van der Waals surface area contributed by atoms with E-state index in [1.807, 2.05) is 32.0 Å². The van der Waals surface area contributed by atoms with Crippen molar-refractivity contribution in [2.45, 2.75) is 26.8 Å². The molecule has 0 aliphatic heterocycles. The number of amides is 1. The molecule has 0 fully saturated rings. The van der Waals surface area contributed by atoms with E-state index < -0.39 is 22.0 Å². The lowest BCUT2D eigenvalue weighted by Gasteiger charge is -2.28. The molecule has 0 radical (unpaired) electrons. The first-order valence-electron chi connectivity index (χ1n) is 9.24. The fourth-order valence-corrected chi connectivity index (χ4v) is 4.16. The molecule has 2 rings (SSSR count). The summed E-state index contributed by atoms with van der Waals surface area (Å²) >= 11 is 0. The second kappa shape index (κ2) is 9.65. The second-order valence-electron chi connectivity index (χ2n) is 6.84. The van der Waals surface area contributed by atoms with Crippen LogP contribution in [0, 0.1) is 13.8 Å². The molecule has 0 bridgehead atoms. The average Bonchev–Trinajstić information content (AvgIpc) is 2.66.